The van der Waals surface area contributed by atoms with Crippen molar-refractivity contribution in [2.75, 3.05) is 39.6 Å². The largest absolute Gasteiger partial charge is 0.378 e. The van der Waals surface area contributed by atoms with Crippen LogP contribution < -0.4 is 17.2 Å². The highest BCUT2D eigenvalue weighted by molar-refractivity contribution is 8.15. The SMILES string of the molecule is CC#Cc1cncc(-n2cc(C3(C)CC4(COC4)SC(N)=N3)cn2)c1.CC1(c2cc(-c3cncc(C#CC4CC4)c3)cs2)CC2(COC2)SC(N)=N1.[C-]#[N+]c1cncc(-c2cc(Cl)c(C3(C)CC4(COC4)SC(N)=N3)s2)c1. The number of pyridine rings is 3. The molecule has 7 aliphatic rings. The number of amidine groups is 3. The molecule has 0 amide bonds. The lowest BCUT2D eigenvalue weighted by Gasteiger charge is -2.47. The van der Waals surface area contributed by atoms with Gasteiger partial charge in [0.05, 0.1) is 105 Å². The number of ether oxygens (including phenoxy) is 3. The van der Waals surface area contributed by atoms with Gasteiger partial charge in [0.25, 0.3) is 0 Å². The molecule has 0 bridgehead atoms. The van der Waals surface area contributed by atoms with Gasteiger partial charge in [-0.3, -0.25) is 29.9 Å². The van der Waals surface area contributed by atoms with E-state index in [1.165, 1.54) is 23.3 Å². The molecule has 77 heavy (non-hydrogen) atoms. The Kier molecular flexibility index (Phi) is 14.7. The number of hydrogen-bond donors (Lipinski definition) is 3. The van der Waals surface area contributed by atoms with Crippen molar-refractivity contribution in [2.24, 2.45) is 38.1 Å². The second-order valence-corrected chi connectivity index (χ2v) is 27.9. The summed E-state index contributed by atoms with van der Waals surface area (Å²) >= 11 is 14.8. The number of halogens is 1. The number of hydrogen-bond acceptors (Lipinski definition) is 18. The van der Waals surface area contributed by atoms with Gasteiger partial charge in [0.2, 0.25) is 5.69 Å². The van der Waals surface area contributed by atoms with Gasteiger partial charge in [0, 0.05) is 75.1 Å². The Hall–Kier alpha value is -5.70. The zero-order chi connectivity index (χ0) is 53.6. The summed E-state index contributed by atoms with van der Waals surface area (Å²) in [6.45, 7) is 19.7. The topological polar surface area (TPSA) is 204 Å². The number of rotatable bonds is 6. The summed E-state index contributed by atoms with van der Waals surface area (Å²) in [5, 5.41) is 9.24. The number of aromatic nitrogens is 5. The van der Waals surface area contributed by atoms with E-state index in [2.05, 4.69) is 86.9 Å². The minimum absolute atomic E-state index is 0.000361. The lowest BCUT2D eigenvalue weighted by Crippen LogP contribution is -2.54. The Morgan fingerprint density at radius 3 is 1.88 bits per heavy atom. The van der Waals surface area contributed by atoms with Gasteiger partial charge in [0.15, 0.2) is 15.5 Å². The molecule has 21 heteroatoms. The van der Waals surface area contributed by atoms with E-state index in [1.54, 1.807) is 82.7 Å². The van der Waals surface area contributed by atoms with Gasteiger partial charge < -0.3 is 31.4 Å². The summed E-state index contributed by atoms with van der Waals surface area (Å²) in [6.07, 6.45) is 19.6. The molecule has 6 aromatic rings. The maximum Gasteiger partial charge on any atom is 0.205 e. The van der Waals surface area contributed by atoms with E-state index in [4.69, 9.17) is 64.6 Å². The van der Waals surface area contributed by atoms with Crippen LogP contribution >= 0.6 is 69.6 Å². The van der Waals surface area contributed by atoms with Gasteiger partial charge in [-0.05, 0) is 107 Å². The normalized spacial score (nSPS) is 24.9. The summed E-state index contributed by atoms with van der Waals surface area (Å²) in [5.74, 6) is 13.1. The van der Waals surface area contributed by atoms with Crippen molar-refractivity contribution in [3.05, 3.63) is 128 Å². The maximum atomic E-state index is 7.15. The Balaban J connectivity index is 0.000000123. The predicted molar refractivity (Wildman–Crippen MR) is 314 cm³/mol. The summed E-state index contributed by atoms with van der Waals surface area (Å²) in [7, 11) is 0. The molecule has 3 saturated heterocycles. The second kappa shape index (κ2) is 21.2. The van der Waals surface area contributed by atoms with Crippen LogP contribution in [-0.4, -0.2) is 94.1 Å². The third-order valence-electron chi connectivity index (χ3n) is 14.2. The predicted octanol–water partition coefficient (Wildman–Crippen LogP) is 10.5. The molecule has 12 heterocycles. The third-order valence-corrected chi connectivity index (χ3v) is 20.6. The molecular weight excluding hydrogens is 1080 g/mol. The lowest BCUT2D eigenvalue weighted by molar-refractivity contribution is -0.0209. The molecule has 6 aromatic heterocycles. The fraction of sp³-hybridized carbons (Fsp3) is 0.393. The maximum absolute atomic E-state index is 7.15. The van der Waals surface area contributed by atoms with Crippen molar-refractivity contribution in [1.82, 2.24) is 24.7 Å². The van der Waals surface area contributed by atoms with Gasteiger partial charge in [-0.25, -0.2) is 9.53 Å². The fourth-order valence-corrected chi connectivity index (χ4v) is 17.0. The molecule has 3 unspecified atom stereocenters. The van der Waals surface area contributed by atoms with Gasteiger partial charge in [0.1, 0.15) is 0 Å². The van der Waals surface area contributed by atoms with E-state index >= 15 is 0 Å². The van der Waals surface area contributed by atoms with Gasteiger partial charge >= 0.3 is 0 Å². The molecule has 0 radical (unpaired) electrons. The van der Waals surface area contributed by atoms with Crippen LogP contribution in [0.5, 0.6) is 0 Å². The molecule has 13 rings (SSSR count). The van der Waals surface area contributed by atoms with Crippen LogP contribution in [0.2, 0.25) is 5.02 Å². The fourth-order valence-electron chi connectivity index (χ4n) is 10.3. The Morgan fingerprint density at radius 1 is 0.675 bits per heavy atom. The Labute approximate surface area is 474 Å². The average molecular weight is 1140 g/mol. The van der Waals surface area contributed by atoms with E-state index in [9.17, 15) is 0 Å². The first-order chi connectivity index (χ1) is 37.0. The summed E-state index contributed by atoms with van der Waals surface area (Å²) < 4.78 is 18.3. The van der Waals surface area contributed by atoms with Crippen LogP contribution in [-0.2, 0) is 30.8 Å². The number of thioether (sulfide) groups is 3. The van der Waals surface area contributed by atoms with E-state index in [1.807, 2.05) is 54.6 Å². The molecule has 3 spiro atoms. The Bertz CT molecular complexity index is 3530. The number of nitrogens with two attached hydrogens (primary N) is 3. The first-order valence-electron chi connectivity index (χ1n) is 25.0. The van der Waals surface area contributed by atoms with Crippen molar-refractivity contribution in [3.8, 4) is 50.9 Å². The first kappa shape index (κ1) is 53.3. The van der Waals surface area contributed by atoms with E-state index in [-0.39, 0.29) is 19.8 Å². The van der Waals surface area contributed by atoms with Crippen LogP contribution in [0.3, 0.4) is 0 Å². The molecule has 15 nitrogen and oxygen atoms in total. The number of aliphatic imine (C=N–C) groups is 3. The van der Waals surface area contributed by atoms with Crippen LogP contribution in [0.25, 0.3) is 32.1 Å². The second-order valence-electron chi connectivity index (χ2n) is 21.1. The van der Waals surface area contributed by atoms with Gasteiger partial charge in [-0.2, -0.15) is 5.10 Å². The van der Waals surface area contributed by atoms with Gasteiger partial charge in [-0.1, -0.05) is 64.6 Å². The standard InChI is InChI=1S/C21H21N3OS2.C18H19N5OS.C17H15ClN4OS2/c1-20(11-21(12-25-13-21)27-19(22)24-20)18-7-17(10-26-18)16-6-15(8-23-9-16)5-4-14-2-3-14;1-3-4-13-5-15(8-20-6-13)23-9-14(7-21-23)17(2)10-18(11-24-12-18)25-16(19)22-17;1-16(7-17(8-23-9-17)25-15(19)22-16)14-12(18)4-13(24-14)10-3-11(20-2)6-21-5-10/h6-10,14H,2-3,11-13H2,1H3,(H2,22,24);5-9H,10-12H2,1-2H3,(H2,19,22);3-6H,7-9H2,1H3,(H2,19,22). The summed E-state index contributed by atoms with van der Waals surface area (Å²) in [5.41, 5.74) is 24.7. The minimum atomic E-state index is -0.468. The highest BCUT2D eigenvalue weighted by atomic mass is 35.5. The van der Waals surface area contributed by atoms with E-state index < -0.39 is 11.1 Å². The molecular formula is C56H55ClN12O3S5. The van der Waals surface area contributed by atoms with Crippen LogP contribution in [0, 0.1) is 36.2 Å². The molecule has 0 aromatic carbocycles. The summed E-state index contributed by atoms with van der Waals surface area (Å²) in [6, 6.07) is 10.1. The first-order valence-corrected chi connectivity index (χ1v) is 29.5. The molecule has 1 aliphatic carbocycles. The molecule has 6 N–H and O–H groups in total. The molecule has 6 aliphatic heterocycles. The summed E-state index contributed by atoms with van der Waals surface area (Å²) in [4.78, 5) is 33.7. The number of nitrogens with zero attached hydrogens (tertiary/aromatic N) is 9. The smallest absolute Gasteiger partial charge is 0.205 e. The van der Waals surface area contributed by atoms with Gasteiger partial charge in [-0.15, -0.1) is 28.6 Å². The minimum Gasteiger partial charge on any atom is -0.378 e. The lowest BCUT2D eigenvalue weighted by atomic mass is 9.83. The molecule has 1 saturated carbocycles. The van der Waals surface area contributed by atoms with Crippen molar-refractivity contribution >= 4 is 90.8 Å². The van der Waals surface area contributed by atoms with Crippen molar-refractivity contribution in [3.63, 3.8) is 0 Å². The third kappa shape index (κ3) is 11.4. The van der Waals surface area contributed by atoms with E-state index in [0.29, 0.717) is 45.3 Å². The quantitative estimate of drug-likeness (QED) is 0.105. The highest BCUT2D eigenvalue weighted by Crippen LogP contribution is 2.54. The molecule has 3 atom stereocenters. The Morgan fingerprint density at radius 2 is 1.26 bits per heavy atom. The van der Waals surface area contributed by atoms with Crippen LogP contribution in [0.15, 0.2) is 100 Å². The molecule has 394 valence electrons. The molecule has 4 fully saturated rings. The average Bonchev–Trinajstić information content (AvgIpc) is 3.72. The highest BCUT2D eigenvalue weighted by Gasteiger charge is 2.53. The zero-order valence-electron chi connectivity index (χ0n) is 42.8. The van der Waals surface area contributed by atoms with Crippen molar-refractivity contribution in [2.45, 2.75) is 90.7 Å². The van der Waals surface area contributed by atoms with Crippen molar-refractivity contribution < 1.29 is 14.2 Å². The van der Waals surface area contributed by atoms with Crippen LogP contribution in [0.1, 0.15) is 86.2 Å². The zero-order valence-corrected chi connectivity index (χ0v) is 47.7. The number of thiophene rings is 2. The van der Waals surface area contributed by atoms with Crippen LogP contribution in [0.4, 0.5) is 5.69 Å². The monoisotopic (exact) mass is 1140 g/mol. The van der Waals surface area contributed by atoms with Crippen molar-refractivity contribution in [1.29, 1.82) is 0 Å². The van der Waals surface area contributed by atoms with E-state index in [0.717, 1.165) is 88.9 Å².